The monoisotopic (exact) mass is 597 g/mol. The first-order chi connectivity index (χ1) is 20.3. The third kappa shape index (κ3) is 8.75. The van der Waals surface area contributed by atoms with Crippen LogP contribution in [0.5, 0.6) is 5.75 Å². The van der Waals surface area contributed by atoms with Crippen LogP contribution in [0.1, 0.15) is 63.1 Å². The van der Waals surface area contributed by atoms with Gasteiger partial charge in [0.25, 0.3) is 0 Å². The van der Waals surface area contributed by atoms with Crippen LogP contribution in [0.3, 0.4) is 0 Å². The summed E-state index contributed by atoms with van der Waals surface area (Å²) in [5.41, 5.74) is 1.69. The minimum Gasteiger partial charge on any atom is -0.497 e. The van der Waals surface area contributed by atoms with Crippen molar-refractivity contribution in [2.45, 2.75) is 71.4 Å². The fourth-order valence-electron chi connectivity index (χ4n) is 5.22. The highest BCUT2D eigenvalue weighted by Gasteiger charge is 2.36. The highest BCUT2D eigenvalue weighted by atomic mass is 32.2. The maximum Gasteiger partial charge on any atom is 0.237 e. The molecule has 228 valence electrons. The van der Waals surface area contributed by atoms with Gasteiger partial charge >= 0.3 is 0 Å². The van der Waals surface area contributed by atoms with Gasteiger partial charge in [-0.05, 0) is 31.0 Å². The minimum atomic E-state index is -3.54. The first kappa shape index (κ1) is 31.4. The molecule has 1 amide bonds. The molecule has 1 aliphatic heterocycles. The highest BCUT2D eigenvalue weighted by molar-refractivity contribution is 7.89. The second-order valence-corrected chi connectivity index (χ2v) is 12.8. The molecule has 42 heavy (non-hydrogen) atoms. The standard InChI is InChI=1S/C30H43N7O4S/c1-4-5-6-7-8-9-17-42(39,40)37-16-15-35(28-18-24(2)33-30(34-28)36-14-13-31-23-36)22-26(37)20-29(38)32-21-25-11-10-12-27(19-25)41-3/h10-14,18-19,23,26H,4-9,15-17,20-22H2,1-3H3,(H,32,38). The van der Waals surface area contributed by atoms with Crippen molar-refractivity contribution in [3.63, 3.8) is 0 Å². The largest absolute Gasteiger partial charge is 0.497 e. The molecule has 0 spiro atoms. The number of ether oxygens (including phenoxy) is 1. The van der Waals surface area contributed by atoms with Gasteiger partial charge in [-0.3, -0.25) is 9.36 Å². The number of carbonyl (C=O) groups excluding carboxylic acids is 1. The summed E-state index contributed by atoms with van der Waals surface area (Å²) >= 11 is 0. The van der Waals surface area contributed by atoms with E-state index in [0.29, 0.717) is 43.6 Å². The summed E-state index contributed by atoms with van der Waals surface area (Å²) in [7, 11) is -1.94. The number of unbranched alkanes of at least 4 members (excludes halogenated alkanes) is 5. The lowest BCUT2D eigenvalue weighted by Crippen LogP contribution is -2.57. The van der Waals surface area contributed by atoms with Gasteiger partial charge in [0.1, 0.15) is 17.9 Å². The number of hydrogen-bond acceptors (Lipinski definition) is 8. The Morgan fingerprint density at radius 3 is 2.67 bits per heavy atom. The number of carbonyl (C=O) groups is 1. The van der Waals surface area contributed by atoms with E-state index >= 15 is 0 Å². The zero-order valence-corrected chi connectivity index (χ0v) is 25.7. The van der Waals surface area contributed by atoms with Crippen molar-refractivity contribution in [3.8, 4) is 11.7 Å². The molecule has 1 aliphatic rings. The third-order valence-electron chi connectivity index (χ3n) is 7.47. The number of methoxy groups -OCH3 is 1. The molecule has 0 bridgehead atoms. The van der Waals surface area contributed by atoms with Crippen LogP contribution >= 0.6 is 0 Å². The molecule has 0 aliphatic carbocycles. The number of rotatable bonds is 15. The van der Waals surface area contributed by atoms with Crippen LogP contribution in [-0.4, -0.2) is 76.7 Å². The van der Waals surface area contributed by atoms with Gasteiger partial charge in [-0.25, -0.2) is 18.4 Å². The average Bonchev–Trinajstić information content (AvgIpc) is 3.53. The molecule has 0 radical (unpaired) electrons. The van der Waals surface area contributed by atoms with Gasteiger partial charge in [-0.15, -0.1) is 0 Å². The quantitative estimate of drug-likeness (QED) is 0.262. The number of piperazine rings is 1. The highest BCUT2D eigenvalue weighted by Crippen LogP contribution is 2.24. The molecule has 2 aromatic heterocycles. The number of nitrogens with zero attached hydrogens (tertiary/aromatic N) is 6. The van der Waals surface area contributed by atoms with Crippen LogP contribution in [0.25, 0.3) is 5.95 Å². The van der Waals surface area contributed by atoms with Gasteiger partial charge in [0.15, 0.2) is 0 Å². The maximum atomic E-state index is 13.5. The number of benzene rings is 1. The summed E-state index contributed by atoms with van der Waals surface area (Å²) in [6.45, 7) is 5.50. The summed E-state index contributed by atoms with van der Waals surface area (Å²) in [5.74, 6) is 1.79. The Hall–Kier alpha value is -3.51. The Kier molecular flexibility index (Phi) is 11.3. The van der Waals surface area contributed by atoms with Crippen molar-refractivity contribution in [2.75, 3.05) is 37.4 Å². The van der Waals surface area contributed by atoms with E-state index in [1.807, 2.05) is 42.2 Å². The smallest absolute Gasteiger partial charge is 0.237 e. The molecule has 3 heterocycles. The second-order valence-electron chi connectivity index (χ2n) is 10.8. The van der Waals surface area contributed by atoms with Crippen molar-refractivity contribution in [1.82, 2.24) is 29.1 Å². The molecule has 11 nitrogen and oxygen atoms in total. The van der Waals surface area contributed by atoms with E-state index in [4.69, 9.17) is 9.72 Å². The van der Waals surface area contributed by atoms with Gasteiger partial charge in [-0.1, -0.05) is 51.2 Å². The molecular weight excluding hydrogens is 554 g/mol. The maximum absolute atomic E-state index is 13.5. The molecule has 1 atom stereocenters. The number of imidazole rings is 1. The Morgan fingerprint density at radius 2 is 1.90 bits per heavy atom. The van der Waals surface area contributed by atoms with Crippen LogP contribution < -0.4 is 15.0 Å². The summed E-state index contributed by atoms with van der Waals surface area (Å²) in [6, 6.07) is 8.87. The van der Waals surface area contributed by atoms with Crippen molar-refractivity contribution in [3.05, 3.63) is 60.3 Å². The Balaban J connectivity index is 1.48. The molecule has 4 rings (SSSR count). The molecular formula is C30H43N7O4S. The van der Waals surface area contributed by atoms with Crippen molar-refractivity contribution in [1.29, 1.82) is 0 Å². The lowest BCUT2D eigenvalue weighted by molar-refractivity contribution is -0.122. The zero-order valence-electron chi connectivity index (χ0n) is 24.9. The molecule has 1 aromatic carbocycles. The number of anilines is 1. The van der Waals surface area contributed by atoms with Gasteiger partial charge in [0.2, 0.25) is 21.9 Å². The molecule has 1 fully saturated rings. The molecule has 1 saturated heterocycles. The lowest BCUT2D eigenvalue weighted by Gasteiger charge is -2.41. The first-order valence-corrected chi connectivity index (χ1v) is 16.4. The number of amides is 1. The summed E-state index contributed by atoms with van der Waals surface area (Å²) in [5, 5.41) is 2.96. The summed E-state index contributed by atoms with van der Waals surface area (Å²) in [6.07, 6.45) is 11.1. The Labute approximate surface area is 249 Å². The SMILES string of the molecule is CCCCCCCCS(=O)(=O)N1CCN(c2cc(C)nc(-n3ccnc3)n2)CC1CC(=O)NCc1cccc(OC)c1. The lowest BCUT2D eigenvalue weighted by atomic mass is 10.1. The first-order valence-electron chi connectivity index (χ1n) is 14.8. The molecule has 1 unspecified atom stereocenters. The van der Waals surface area contributed by atoms with Crippen LogP contribution in [0.15, 0.2) is 49.1 Å². The van der Waals surface area contributed by atoms with Crippen molar-refractivity contribution < 1.29 is 17.9 Å². The van der Waals surface area contributed by atoms with Crippen LogP contribution in [0, 0.1) is 6.92 Å². The van der Waals surface area contributed by atoms with E-state index in [9.17, 15) is 13.2 Å². The molecule has 0 saturated carbocycles. The van der Waals surface area contributed by atoms with Crippen LogP contribution in [-0.2, 0) is 21.4 Å². The average molecular weight is 598 g/mol. The predicted molar refractivity (Wildman–Crippen MR) is 163 cm³/mol. The predicted octanol–water partition coefficient (Wildman–Crippen LogP) is 3.87. The van der Waals surface area contributed by atoms with Gasteiger partial charge in [-0.2, -0.15) is 9.29 Å². The fourth-order valence-corrected chi connectivity index (χ4v) is 6.98. The van der Waals surface area contributed by atoms with E-state index < -0.39 is 16.1 Å². The van der Waals surface area contributed by atoms with Gasteiger partial charge in [0.05, 0.1) is 18.9 Å². The molecule has 1 N–H and O–H groups in total. The van der Waals surface area contributed by atoms with Crippen LogP contribution in [0.2, 0.25) is 0 Å². The number of nitrogens with one attached hydrogen (secondary N) is 1. The van der Waals surface area contributed by atoms with E-state index in [2.05, 4.69) is 22.2 Å². The summed E-state index contributed by atoms with van der Waals surface area (Å²) < 4.78 is 35.7. The van der Waals surface area contributed by atoms with Crippen molar-refractivity contribution >= 4 is 21.7 Å². The molecule has 12 heteroatoms. The minimum absolute atomic E-state index is 0.0502. The van der Waals surface area contributed by atoms with E-state index in [1.54, 1.807) is 34.7 Å². The fraction of sp³-hybridized carbons (Fsp3) is 0.533. The molecule has 3 aromatic rings. The van der Waals surface area contributed by atoms with Gasteiger partial charge in [0, 0.05) is 56.8 Å². The van der Waals surface area contributed by atoms with E-state index in [1.165, 1.54) is 6.42 Å². The van der Waals surface area contributed by atoms with E-state index in [-0.39, 0.29) is 24.6 Å². The van der Waals surface area contributed by atoms with Crippen LogP contribution in [0.4, 0.5) is 5.82 Å². The summed E-state index contributed by atoms with van der Waals surface area (Å²) in [4.78, 5) is 28.6. The second kappa shape index (κ2) is 15.1. The number of aromatic nitrogens is 4. The number of hydrogen-bond donors (Lipinski definition) is 1. The normalized spacial score (nSPS) is 16.0. The zero-order chi connectivity index (χ0) is 30.0. The topological polar surface area (TPSA) is 123 Å². The van der Waals surface area contributed by atoms with Crippen molar-refractivity contribution in [2.24, 2.45) is 0 Å². The Bertz CT molecular complexity index is 1400. The number of sulfonamides is 1. The van der Waals surface area contributed by atoms with Gasteiger partial charge < -0.3 is 15.0 Å². The number of aryl methyl sites for hydroxylation is 1. The third-order valence-corrected chi connectivity index (χ3v) is 9.47. The van der Waals surface area contributed by atoms with E-state index in [0.717, 1.165) is 36.9 Å². The Morgan fingerprint density at radius 1 is 1.10 bits per heavy atom.